The molecule has 0 amide bonds. The van der Waals surface area contributed by atoms with Crippen LogP contribution >= 0.6 is 11.6 Å². The van der Waals surface area contributed by atoms with E-state index in [9.17, 15) is 4.79 Å². The Morgan fingerprint density at radius 1 is 1.21 bits per heavy atom. The van der Waals surface area contributed by atoms with Gasteiger partial charge in [-0.2, -0.15) is 0 Å². The molecule has 1 aliphatic carbocycles. The van der Waals surface area contributed by atoms with Gasteiger partial charge in [0.25, 0.3) is 0 Å². The predicted octanol–water partition coefficient (Wildman–Crippen LogP) is 3.92. The first-order valence-electron chi connectivity index (χ1n) is 8.29. The molecule has 0 saturated heterocycles. The van der Waals surface area contributed by atoms with Gasteiger partial charge in [-0.3, -0.25) is 4.79 Å². The number of ketones is 1. The number of hydrogen-bond acceptors (Lipinski definition) is 3. The van der Waals surface area contributed by atoms with Gasteiger partial charge >= 0.3 is 0 Å². The summed E-state index contributed by atoms with van der Waals surface area (Å²) in [7, 11) is 3.76. The van der Waals surface area contributed by atoms with E-state index in [4.69, 9.17) is 16.3 Å². The fourth-order valence-electron chi connectivity index (χ4n) is 4.17. The summed E-state index contributed by atoms with van der Waals surface area (Å²) in [6.45, 7) is 0.923. The number of ether oxygens (including phenoxy) is 1. The molecule has 124 valence electrons. The average molecular weight is 342 g/mol. The van der Waals surface area contributed by atoms with Gasteiger partial charge in [-0.15, -0.1) is 0 Å². The van der Waals surface area contributed by atoms with E-state index in [2.05, 4.69) is 24.1 Å². The van der Waals surface area contributed by atoms with Gasteiger partial charge in [0.2, 0.25) is 0 Å². The second kappa shape index (κ2) is 5.91. The topological polar surface area (TPSA) is 29.5 Å². The number of fused-ring (bicyclic) bond motifs is 5. The van der Waals surface area contributed by atoms with Gasteiger partial charge in [-0.1, -0.05) is 35.9 Å². The largest absolute Gasteiger partial charge is 0.495 e. The van der Waals surface area contributed by atoms with Crippen LogP contribution in [0.2, 0.25) is 5.02 Å². The monoisotopic (exact) mass is 341 g/mol. The van der Waals surface area contributed by atoms with Crippen molar-refractivity contribution in [2.75, 3.05) is 20.7 Å². The zero-order valence-electron chi connectivity index (χ0n) is 13.9. The molecule has 4 heteroatoms. The van der Waals surface area contributed by atoms with Crippen molar-refractivity contribution >= 4 is 17.4 Å². The van der Waals surface area contributed by atoms with E-state index in [-0.39, 0.29) is 17.7 Å². The van der Waals surface area contributed by atoms with E-state index in [1.807, 2.05) is 24.3 Å². The van der Waals surface area contributed by atoms with Crippen molar-refractivity contribution in [2.24, 2.45) is 0 Å². The number of hydrogen-bond donors (Lipinski definition) is 0. The van der Waals surface area contributed by atoms with Crippen molar-refractivity contribution in [2.45, 2.75) is 24.8 Å². The first-order chi connectivity index (χ1) is 11.6. The van der Waals surface area contributed by atoms with Gasteiger partial charge in [-0.25, -0.2) is 0 Å². The Morgan fingerprint density at radius 2 is 2.00 bits per heavy atom. The number of Topliss-reactive ketones (excluding diaryl/α,β-unsaturated/α-hetero) is 1. The lowest BCUT2D eigenvalue weighted by Gasteiger charge is -2.37. The second-order valence-corrected chi connectivity index (χ2v) is 7.08. The SMILES string of the molecule is COc1cc2c(cc1Cl)CCN(C)[C@H]1CC(=O)c3ccccc3[C@H]21. The van der Waals surface area contributed by atoms with Gasteiger partial charge in [0.15, 0.2) is 5.78 Å². The highest BCUT2D eigenvalue weighted by molar-refractivity contribution is 6.32. The van der Waals surface area contributed by atoms with Crippen LogP contribution in [0.25, 0.3) is 0 Å². The summed E-state index contributed by atoms with van der Waals surface area (Å²) in [5.74, 6) is 1.11. The zero-order chi connectivity index (χ0) is 16.8. The molecule has 2 aliphatic rings. The number of benzene rings is 2. The molecule has 0 bridgehead atoms. The molecule has 0 saturated carbocycles. The third kappa shape index (κ3) is 2.35. The highest BCUT2D eigenvalue weighted by Crippen LogP contribution is 2.44. The third-order valence-electron chi connectivity index (χ3n) is 5.42. The van der Waals surface area contributed by atoms with Crippen LogP contribution in [0.15, 0.2) is 36.4 Å². The number of rotatable bonds is 1. The van der Waals surface area contributed by atoms with Crippen LogP contribution < -0.4 is 4.74 Å². The molecule has 4 rings (SSSR count). The Hall–Kier alpha value is -1.84. The molecule has 0 aromatic heterocycles. The van der Waals surface area contributed by atoms with Crippen LogP contribution in [-0.2, 0) is 6.42 Å². The van der Waals surface area contributed by atoms with Crippen molar-refractivity contribution in [1.29, 1.82) is 0 Å². The first kappa shape index (κ1) is 15.7. The number of halogens is 1. The maximum atomic E-state index is 12.6. The maximum Gasteiger partial charge on any atom is 0.164 e. The Bertz CT molecular complexity index is 817. The molecule has 1 heterocycles. The Balaban J connectivity index is 1.97. The van der Waals surface area contributed by atoms with Crippen LogP contribution in [0.5, 0.6) is 5.75 Å². The molecular weight excluding hydrogens is 322 g/mol. The van der Waals surface area contributed by atoms with E-state index < -0.39 is 0 Å². The van der Waals surface area contributed by atoms with Gasteiger partial charge < -0.3 is 9.64 Å². The number of carbonyl (C=O) groups excluding carboxylic acids is 1. The predicted molar refractivity (Wildman–Crippen MR) is 95.4 cm³/mol. The van der Waals surface area contributed by atoms with Crippen LogP contribution in [0, 0.1) is 0 Å². The highest BCUT2D eigenvalue weighted by atomic mass is 35.5. The summed E-state index contributed by atoms with van der Waals surface area (Å²) in [4.78, 5) is 14.9. The van der Waals surface area contributed by atoms with Gasteiger partial charge in [0.05, 0.1) is 12.1 Å². The van der Waals surface area contributed by atoms with Crippen molar-refractivity contribution in [1.82, 2.24) is 4.90 Å². The number of likely N-dealkylation sites (N-methyl/N-ethyl adjacent to an activating group) is 1. The summed E-state index contributed by atoms with van der Waals surface area (Å²) in [6.07, 6.45) is 1.49. The summed E-state index contributed by atoms with van der Waals surface area (Å²) >= 11 is 6.36. The minimum absolute atomic E-state index is 0.174. The van der Waals surface area contributed by atoms with Crippen molar-refractivity contribution in [3.63, 3.8) is 0 Å². The Morgan fingerprint density at radius 3 is 2.79 bits per heavy atom. The fraction of sp³-hybridized carbons (Fsp3) is 0.350. The normalized spacial score (nSPS) is 23.0. The summed E-state index contributed by atoms with van der Waals surface area (Å²) in [6, 6.07) is 12.3. The second-order valence-electron chi connectivity index (χ2n) is 6.68. The van der Waals surface area contributed by atoms with Crippen molar-refractivity contribution in [3.8, 4) is 5.75 Å². The van der Waals surface area contributed by atoms with E-state index >= 15 is 0 Å². The zero-order valence-corrected chi connectivity index (χ0v) is 14.6. The van der Waals surface area contributed by atoms with Gasteiger partial charge in [0.1, 0.15) is 5.75 Å². The number of methoxy groups -OCH3 is 1. The van der Waals surface area contributed by atoms with Crippen LogP contribution in [0.1, 0.15) is 39.4 Å². The minimum Gasteiger partial charge on any atom is -0.495 e. The van der Waals surface area contributed by atoms with E-state index in [1.54, 1.807) is 7.11 Å². The summed E-state index contributed by atoms with van der Waals surface area (Å²) in [5.41, 5.74) is 4.47. The van der Waals surface area contributed by atoms with E-state index in [0.717, 1.165) is 24.1 Å². The van der Waals surface area contributed by atoms with Crippen LogP contribution in [0.4, 0.5) is 0 Å². The standard InChI is InChI=1S/C20H20ClNO2/c1-22-8-7-12-9-16(21)19(24-2)10-15(12)20-14-6-4-3-5-13(14)18(23)11-17(20)22/h3-6,9-10,17,20H,7-8,11H2,1-2H3/t17-,20+/m0/s1. The van der Waals surface area contributed by atoms with Gasteiger partial charge in [0, 0.05) is 30.5 Å². The fourth-order valence-corrected chi connectivity index (χ4v) is 4.43. The molecule has 24 heavy (non-hydrogen) atoms. The molecule has 3 nitrogen and oxygen atoms in total. The molecule has 2 aromatic carbocycles. The Kier molecular flexibility index (Phi) is 3.86. The van der Waals surface area contributed by atoms with Crippen LogP contribution in [0.3, 0.4) is 0 Å². The maximum absolute atomic E-state index is 12.6. The molecule has 0 N–H and O–H groups in total. The minimum atomic E-state index is 0.174. The molecule has 1 aliphatic heterocycles. The number of carbonyl (C=O) groups is 1. The molecular formula is C20H20ClNO2. The summed E-state index contributed by atoms with van der Waals surface area (Å²) < 4.78 is 5.46. The highest BCUT2D eigenvalue weighted by Gasteiger charge is 2.39. The number of nitrogens with zero attached hydrogens (tertiary/aromatic N) is 1. The summed E-state index contributed by atoms with van der Waals surface area (Å²) in [5, 5.41) is 0.650. The van der Waals surface area contributed by atoms with Crippen molar-refractivity contribution < 1.29 is 9.53 Å². The van der Waals surface area contributed by atoms with Crippen molar-refractivity contribution in [3.05, 3.63) is 63.7 Å². The Labute approximate surface area is 147 Å². The molecule has 2 atom stereocenters. The van der Waals surface area contributed by atoms with Crippen LogP contribution in [-0.4, -0.2) is 37.4 Å². The van der Waals surface area contributed by atoms with E-state index in [0.29, 0.717) is 17.2 Å². The molecule has 0 fully saturated rings. The smallest absolute Gasteiger partial charge is 0.164 e. The molecule has 2 aromatic rings. The lowest BCUT2D eigenvalue weighted by Crippen LogP contribution is -2.41. The lowest BCUT2D eigenvalue weighted by atomic mass is 9.74. The van der Waals surface area contributed by atoms with E-state index in [1.165, 1.54) is 11.1 Å². The first-order valence-corrected chi connectivity index (χ1v) is 8.66. The molecule has 0 radical (unpaired) electrons. The third-order valence-corrected chi connectivity index (χ3v) is 5.72. The average Bonchev–Trinajstić information content (AvgIpc) is 2.72. The lowest BCUT2D eigenvalue weighted by molar-refractivity contribution is 0.0907. The molecule has 0 unspecified atom stereocenters. The molecule has 0 spiro atoms. The quantitative estimate of drug-likeness (QED) is 0.787. The van der Waals surface area contributed by atoms with Gasteiger partial charge in [-0.05, 0) is 42.3 Å².